The number of hydrogen-bond acceptors (Lipinski definition) is 3. The fraction of sp³-hybridized carbons (Fsp3) is 0.286. The van der Waals surface area contributed by atoms with Crippen molar-refractivity contribution in [1.82, 2.24) is 14.8 Å². The molecule has 0 saturated carbocycles. The topological polar surface area (TPSA) is 43.9 Å². The van der Waals surface area contributed by atoms with Crippen molar-refractivity contribution in [3.63, 3.8) is 0 Å². The van der Waals surface area contributed by atoms with E-state index in [4.69, 9.17) is 4.42 Å². The number of para-hydroxylation sites is 1. The van der Waals surface area contributed by atoms with Gasteiger partial charge in [-0.1, -0.05) is 25.1 Å². The Morgan fingerprint density at radius 1 is 1.22 bits per heavy atom. The van der Waals surface area contributed by atoms with Crippen LogP contribution in [0.25, 0.3) is 10.9 Å². The lowest BCUT2D eigenvalue weighted by atomic mass is 10.1. The summed E-state index contributed by atoms with van der Waals surface area (Å²) in [7, 11) is 0. The van der Waals surface area contributed by atoms with Crippen LogP contribution in [-0.2, 0) is 13.0 Å². The van der Waals surface area contributed by atoms with Crippen LogP contribution < -0.4 is 0 Å². The Morgan fingerprint density at radius 3 is 2.83 bits per heavy atom. The number of nitrogens with zero attached hydrogens (tertiary/aromatic N) is 3. The molecule has 0 bridgehead atoms. The zero-order chi connectivity index (χ0) is 12.5. The Balaban J connectivity index is 2.06. The average Bonchev–Trinajstić information content (AvgIpc) is 2.97. The predicted octanol–water partition coefficient (Wildman–Crippen LogP) is 2.94. The van der Waals surface area contributed by atoms with E-state index in [2.05, 4.69) is 52.2 Å². The molecule has 4 heteroatoms. The summed E-state index contributed by atoms with van der Waals surface area (Å²) < 4.78 is 7.60. The Kier molecular flexibility index (Phi) is 2.63. The van der Waals surface area contributed by atoms with Gasteiger partial charge in [0.1, 0.15) is 6.54 Å². The molecule has 92 valence electrons. The lowest BCUT2D eigenvalue weighted by Crippen LogP contribution is -2.00. The molecule has 4 nitrogen and oxygen atoms in total. The third-order valence-electron chi connectivity index (χ3n) is 3.13. The number of hydrogen-bond donors (Lipinski definition) is 0. The molecule has 0 aliphatic heterocycles. The number of fused-ring (bicyclic) bond motifs is 1. The van der Waals surface area contributed by atoms with Crippen molar-refractivity contribution in [2.24, 2.45) is 0 Å². The molecule has 0 aliphatic rings. The Labute approximate surface area is 105 Å². The number of aromatic nitrogens is 3. The highest BCUT2D eigenvalue weighted by Gasteiger charge is 2.08. The maximum Gasteiger partial charge on any atom is 0.236 e. The molecule has 18 heavy (non-hydrogen) atoms. The van der Waals surface area contributed by atoms with Crippen molar-refractivity contribution in [2.75, 3.05) is 0 Å². The van der Waals surface area contributed by atoms with Crippen LogP contribution in [0, 0.1) is 6.92 Å². The minimum atomic E-state index is 0.608. The summed E-state index contributed by atoms with van der Waals surface area (Å²) in [5, 5.41) is 9.16. The van der Waals surface area contributed by atoms with E-state index in [0.29, 0.717) is 18.3 Å². The minimum Gasteiger partial charge on any atom is -0.424 e. The first-order valence-electron chi connectivity index (χ1n) is 6.13. The predicted molar refractivity (Wildman–Crippen MR) is 69.5 cm³/mol. The van der Waals surface area contributed by atoms with Gasteiger partial charge in [0.05, 0.1) is 5.52 Å². The molecule has 0 unspecified atom stereocenters. The first kappa shape index (κ1) is 11.0. The van der Waals surface area contributed by atoms with Crippen LogP contribution in [0.3, 0.4) is 0 Å². The van der Waals surface area contributed by atoms with E-state index in [1.807, 2.05) is 6.92 Å². The van der Waals surface area contributed by atoms with Gasteiger partial charge in [-0.3, -0.25) is 0 Å². The molecular weight excluding hydrogens is 226 g/mol. The molecule has 0 radical (unpaired) electrons. The normalized spacial score (nSPS) is 11.2. The van der Waals surface area contributed by atoms with Crippen molar-refractivity contribution in [1.29, 1.82) is 0 Å². The molecule has 0 amide bonds. The molecule has 0 saturated heterocycles. The molecular formula is C14H15N3O. The standard InChI is InChI=1S/C14H15N3O/c1-3-11-5-4-6-12-7-8-17(14(11)12)9-13-16-15-10(2)18-13/h4-8H,3,9H2,1-2H3. The fourth-order valence-corrected chi connectivity index (χ4v) is 2.30. The summed E-state index contributed by atoms with van der Waals surface area (Å²) in [6.07, 6.45) is 3.09. The molecule has 2 heterocycles. The highest BCUT2D eigenvalue weighted by atomic mass is 16.4. The van der Waals surface area contributed by atoms with Gasteiger partial charge in [-0.2, -0.15) is 0 Å². The highest BCUT2D eigenvalue weighted by molar-refractivity contribution is 5.83. The maximum absolute atomic E-state index is 5.44. The molecule has 2 aromatic heterocycles. The van der Waals surface area contributed by atoms with Gasteiger partial charge in [-0.05, 0) is 23.4 Å². The average molecular weight is 241 g/mol. The summed E-state index contributed by atoms with van der Waals surface area (Å²) in [6, 6.07) is 8.52. The molecule has 0 fully saturated rings. The zero-order valence-corrected chi connectivity index (χ0v) is 10.6. The number of aryl methyl sites for hydroxylation is 2. The maximum atomic E-state index is 5.44. The van der Waals surface area contributed by atoms with Crippen molar-refractivity contribution >= 4 is 10.9 Å². The summed E-state index contributed by atoms with van der Waals surface area (Å²) in [4.78, 5) is 0. The van der Waals surface area contributed by atoms with Crippen LogP contribution in [0.5, 0.6) is 0 Å². The van der Waals surface area contributed by atoms with Crippen molar-refractivity contribution in [3.05, 3.63) is 47.8 Å². The molecule has 3 rings (SSSR count). The van der Waals surface area contributed by atoms with E-state index < -0.39 is 0 Å². The van der Waals surface area contributed by atoms with Gasteiger partial charge in [0.15, 0.2) is 0 Å². The fourth-order valence-electron chi connectivity index (χ4n) is 2.30. The summed E-state index contributed by atoms with van der Waals surface area (Å²) >= 11 is 0. The monoisotopic (exact) mass is 241 g/mol. The van der Waals surface area contributed by atoms with E-state index in [0.717, 1.165) is 6.42 Å². The largest absolute Gasteiger partial charge is 0.424 e. The molecule has 0 spiro atoms. The van der Waals surface area contributed by atoms with Crippen LogP contribution in [0.15, 0.2) is 34.9 Å². The van der Waals surface area contributed by atoms with Gasteiger partial charge in [0.2, 0.25) is 11.8 Å². The van der Waals surface area contributed by atoms with Crippen LogP contribution >= 0.6 is 0 Å². The molecule has 0 atom stereocenters. The summed E-state index contributed by atoms with van der Waals surface area (Å²) in [5.74, 6) is 1.26. The second-order valence-electron chi connectivity index (χ2n) is 4.37. The van der Waals surface area contributed by atoms with Crippen LogP contribution in [0.4, 0.5) is 0 Å². The summed E-state index contributed by atoms with van der Waals surface area (Å²) in [5.41, 5.74) is 2.60. The number of rotatable bonds is 3. The van der Waals surface area contributed by atoms with Crippen molar-refractivity contribution in [3.8, 4) is 0 Å². The van der Waals surface area contributed by atoms with Crippen LogP contribution in [-0.4, -0.2) is 14.8 Å². The SMILES string of the molecule is CCc1cccc2ccn(Cc3nnc(C)o3)c12. The van der Waals surface area contributed by atoms with Crippen molar-refractivity contribution in [2.45, 2.75) is 26.8 Å². The first-order valence-corrected chi connectivity index (χ1v) is 6.13. The number of benzene rings is 1. The second kappa shape index (κ2) is 4.29. The third kappa shape index (κ3) is 1.79. The van der Waals surface area contributed by atoms with Crippen LogP contribution in [0.2, 0.25) is 0 Å². The van der Waals surface area contributed by atoms with E-state index >= 15 is 0 Å². The Morgan fingerprint density at radius 2 is 2.11 bits per heavy atom. The lowest BCUT2D eigenvalue weighted by Gasteiger charge is -2.06. The lowest BCUT2D eigenvalue weighted by molar-refractivity contribution is 0.457. The Bertz CT molecular complexity index is 681. The zero-order valence-electron chi connectivity index (χ0n) is 10.6. The molecule has 3 aromatic rings. The molecule has 1 aromatic carbocycles. The highest BCUT2D eigenvalue weighted by Crippen LogP contribution is 2.21. The van der Waals surface area contributed by atoms with Crippen LogP contribution in [0.1, 0.15) is 24.3 Å². The van der Waals surface area contributed by atoms with E-state index in [1.54, 1.807) is 0 Å². The minimum absolute atomic E-state index is 0.608. The van der Waals surface area contributed by atoms with E-state index in [9.17, 15) is 0 Å². The first-order chi connectivity index (χ1) is 8.78. The van der Waals surface area contributed by atoms with Crippen molar-refractivity contribution < 1.29 is 4.42 Å². The second-order valence-corrected chi connectivity index (χ2v) is 4.37. The molecule has 0 N–H and O–H groups in total. The van der Waals surface area contributed by atoms with E-state index in [-0.39, 0.29) is 0 Å². The quantitative estimate of drug-likeness (QED) is 0.708. The molecule has 0 aliphatic carbocycles. The van der Waals surface area contributed by atoms with Gasteiger partial charge < -0.3 is 8.98 Å². The van der Waals surface area contributed by atoms with Gasteiger partial charge in [-0.25, -0.2) is 0 Å². The van der Waals surface area contributed by atoms with Gasteiger partial charge in [0, 0.05) is 13.1 Å². The Hall–Kier alpha value is -2.10. The van der Waals surface area contributed by atoms with E-state index in [1.165, 1.54) is 16.5 Å². The summed E-state index contributed by atoms with van der Waals surface area (Å²) in [6.45, 7) is 4.60. The van der Waals surface area contributed by atoms with Gasteiger partial charge >= 0.3 is 0 Å². The third-order valence-corrected chi connectivity index (χ3v) is 3.13. The van der Waals surface area contributed by atoms with Gasteiger partial charge in [-0.15, -0.1) is 10.2 Å². The smallest absolute Gasteiger partial charge is 0.236 e. The van der Waals surface area contributed by atoms with Gasteiger partial charge in [0.25, 0.3) is 0 Å².